The normalized spacial score (nSPS) is 14.6. The minimum atomic E-state index is 0.933. The zero-order valence-electron chi connectivity index (χ0n) is 13.7. The minimum absolute atomic E-state index is 0.933. The van der Waals surface area contributed by atoms with Crippen LogP contribution in [0.15, 0.2) is 53.7 Å². The number of nitrogens with one attached hydrogen (secondary N) is 1. The fourth-order valence-corrected chi connectivity index (χ4v) is 4.23. The zero-order chi connectivity index (χ0) is 16.2. The number of nitrogens with zero attached hydrogens (tertiary/aromatic N) is 2. The summed E-state index contributed by atoms with van der Waals surface area (Å²) in [4.78, 5) is 10.00. The van der Waals surface area contributed by atoms with Crippen LogP contribution in [0.4, 0.5) is 5.82 Å². The molecule has 2 aromatic heterocycles. The lowest BCUT2D eigenvalue weighted by atomic mass is 9.97. The standard InChI is InChI=1S/C20H21N3S/c1-3-7-15(8-4-1)11-12-21-19-18-17(16-9-5-2-6-10-16)13-24-20(18)23-14-22-19/h2,5-7,9-10,13-14H,1,3-4,8,11-12H2,(H,21,22,23). The molecule has 1 N–H and O–H groups in total. The molecule has 0 saturated heterocycles. The fourth-order valence-electron chi connectivity index (χ4n) is 3.31. The Kier molecular flexibility index (Phi) is 4.56. The Bertz CT molecular complexity index is 852. The molecule has 1 aliphatic rings. The Balaban J connectivity index is 1.58. The van der Waals surface area contributed by atoms with Gasteiger partial charge in [-0.15, -0.1) is 11.3 Å². The number of aromatic nitrogens is 2. The van der Waals surface area contributed by atoms with Gasteiger partial charge in [-0.25, -0.2) is 9.97 Å². The molecule has 0 unspecified atom stereocenters. The molecule has 0 radical (unpaired) electrons. The summed E-state index contributed by atoms with van der Waals surface area (Å²) in [6.07, 6.45) is 10.4. The number of hydrogen-bond donors (Lipinski definition) is 1. The SMILES string of the molecule is C1=C(CCNc2ncnc3scc(-c4ccccc4)c23)CCCC1. The third kappa shape index (κ3) is 3.20. The topological polar surface area (TPSA) is 37.8 Å². The average Bonchev–Trinajstić information content (AvgIpc) is 3.08. The number of thiophene rings is 1. The molecular formula is C20H21N3S. The van der Waals surface area contributed by atoms with Crippen LogP contribution in [0.2, 0.25) is 0 Å². The lowest BCUT2D eigenvalue weighted by Gasteiger charge is -2.13. The van der Waals surface area contributed by atoms with Gasteiger partial charge in [0, 0.05) is 17.5 Å². The van der Waals surface area contributed by atoms with Gasteiger partial charge in [0.2, 0.25) is 0 Å². The molecule has 0 fully saturated rings. The molecular weight excluding hydrogens is 314 g/mol. The van der Waals surface area contributed by atoms with Crippen molar-refractivity contribution < 1.29 is 0 Å². The summed E-state index contributed by atoms with van der Waals surface area (Å²) >= 11 is 1.68. The molecule has 0 saturated carbocycles. The lowest BCUT2D eigenvalue weighted by molar-refractivity contribution is 0.679. The van der Waals surface area contributed by atoms with Crippen LogP contribution < -0.4 is 5.32 Å². The molecule has 24 heavy (non-hydrogen) atoms. The Morgan fingerprint density at radius 1 is 1.08 bits per heavy atom. The third-order valence-corrected chi connectivity index (χ3v) is 5.46. The van der Waals surface area contributed by atoms with Gasteiger partial charge in [0.05, 0.1) is 5.39 Å². The first-order chi connectivity index (χ1) is 11.9. The van der Waals surface area contributed by atoms with Crippen molar-refractivity contribution in [3.8, 4) is 11.1 Å². The Hall–Kier alpha value is -2.20. The van der Waals surface area contributed by atoms with Gasteiger partial charge in [-0.1, -0.05) is 42.0 Å². The van der Waals surface area contributed by atoms with E-state index in [1.54, 1.807) is 23.2 Å². The second kappa shape index (κ2) is 7.14. The largest absolute Gasteiger partial charge is 0.369 e. The van der Waals surface area contributed by atoms with Crippen LogP contribution in [0.25, 0.3) is 21.3 Å². The molecule has 3 aromatic rings. The van der Waals surface area contributed by atoms with E-state index in [2.05, 4.69) is 51.0 Å². The van der Waals surface area contributed by atoms with E-state index in [-0.39, 0.29) is 0 Å². The molecule has 4 heteroatoms. The lowest BCUT2D eigenvalue weighted by Crippen LogP contribution is -2.06. The predicted molar refractivity (Wildman–Crippen MR) is 103 cm³/mol. The highest BCUT2D eigenvalue weighted by Crippen LogP contribution is 2.36. The molecule has 122 valence electrons. The van der Waals surface area contributed by atoms with Crippen molar-refractivity contribution in [3.63, 3.8) is 0 Å². The molecule has 4 rings (SSSR count). The van der Waals surface area contributed by atoms with Gasteiger partial charge in [0.1, 0.15) is 17.0 Å². The van der Waals surface area contributed by atoms with Gasteiger partial charge in [0.15, 0.2) is 0 Å². The molecule has 3 nitrogen and oxygen atoms in total. The van der Waals surface area contributed by atoms with E-state index < -0.39 is 0 Å². The number of benzene rings is 1. The Morgan fingerprint density at radius 2 is 2.00 bits per heavy atom. The van der Waals surface area contributed by atoms with Crippen LogP contribution in [-0.2, 0) is 0 Å². The quantitative estimate of drug-likeness (QED) is 0.611. The van der Waals surface area contributed by atoms with Gasteiger partial charge in [-0.2, -0.15) is 0 Å². The van der Waals surface area contributed by atoms with E-state index in [1.807, 2.05) is 6.07 Å². The number of hydrogen-bond acceptors (Lipinski definition) is 4. The maximum Gasteiger partial charge on any atom is 0.138 e. The average molecular weight is 335 g/mol. The highest BCUT2D eigenvalue weighted by molar-refractivity contribution is 7.17. The maximum atomic E-state index is 4.51. The van der Waals surface area contributed by atoms with Crippen LogP contribution in [0, 0.1) is 0 Å². The highest BCUT2D eigenvalue weighted by Gasteiger charge is 2.13. The van der Waals surface area contributed by atoms with E-state index in [0.717, 1.165) is 29.0 Å². The smallest absolute Gasteiger partial charge is 0.138 e. The van der Waals surface area contributed by atoms with Crippen LogP contribution in [0.5, 0.6) is 0 Å². The van der Waals surface area contributed by atoms with Crippen molar-refractivity contribution in [1.82, 2.24) is 9.97 Å². The van der Waals surface area contributed by atoms with Crippen molar-refractivity contribution in [2.75, 3.05) is 11.9 Å². The summed E-state index contributed by atoms with van der Waals surface area (Å²) in [5, 5.41) is 6.87. The van der Waals surface area contributed by atoms with Crippen LogP contribution in [0.3, 0.4) is 0 Å². The molecule has 1 aromatic carbocycles. The van der Waals surface area contributed by atoms with Gasteiger partial charge in [-0.05, 0) is 37.7 Å². The Morgan fingerprint density at radius 3 is 2.83 bits per heavy atom. The minimum Gasteiger partial charge on any atom is -0.369 e. The second-order valence-electron chi connectivity index (χ2n) is 6.20. The summed E-state index contributed by atoms with van der Waals surface area (Å²) in [7, 11) is 0. The van der Waals surface area contributed by atoms with Crippen LogP contribution in [-0.4, -0.2) is 16.5 Å². The van der Waals surface area contributed by atoms with Gasteiger partial charge >= 0.3 is 0 Å². The number of rotatable bonds is 5. The van der Waals surface area contributed by atoms with Gasteiger partial charge < -0.3 is 5.32 Å². The summed E-state index contributed by atoms with van der Waals surface area (Å²) < 4.78 is 0. The highest BCUT2D eigenvalue weighted by atomic mass is 32.1. The molecule has 0 spiro atoms. The molecule has 0 bridgehead atoms. The first-order valence-corrected chi connectivity index (χ1v) is 9.49. The predicted octanol–water partition coefficient (Wildman–Crippen LogP) is 5.66. The van der Waals surface area contributed by atoms with E-state index in [0.29, 0.717) is 0 Å². The molecule has 2 heterocycles. The monoisotopic (exact) mass is 335 g/mol. The van der Waals surface area contributed by atoms with Gasteiger partial charge in [-0.3, -0.25) is 0 Å². The molecule has 0 atom stereocenters. The first kappa shape index (κ1) is 15.3. The van der Waals surface area contributed by atoms with E-state index in [1.165, 1.54) is 36.8 Å². The van der Waals surface area contributed by atoms with Crippen molar-refractivity contribution in [3.05, 3.63) is 53.7 Å². The van der Waals surface area contributed by atoms with Crippen molar-refractivity contribution in [2.24, 2.45) is 0 Å². The Labute approximate surface area is 146 Å². The van der Waals surface area contributed by atoms with E-state index >= 15 is 0 Å². The summed E-state index contributed by atoms with van der Waals surface area (Å²) in [5.74, 6) is 0.955. The fraction of sp³-hybridized carbons (Fsp3) is 0.300. The van der Waals surface area contributed by atoms with E-state index in [4.69, 9.17) is 0 Å². The molecule has 1 aliphatic carbocycles. The van der Waals surface area contributed by atoms with Crippen LogP contribution in [0.1, 0.15) is 32.1 Å². The number of allylic oxidation sites excluding steroid dienone is 1. The second-order valence-corrected chi connectivity index (χ2v) is 7.06. The number of anilines is 1. The van der Waals surface area contributed by atoms with E-state index in [9.17, 15) is 0 Å². The first-order valence-electron chi connectivity index (χ1n) is 8.61. The maximum absolute atomic E-state index is 4.51. The van der Waals surface area contributed by atoms with Gasteiger partial charge in [0.25, 0.3) is 0 Å². The van der Waals surface area contributed by atoms with Crippen molar-refractivity contribution in [1.29, 1.82) is 0 Å². The zero-order valence-corrected chi connectivity index (χ0v) is 14.5. The molecule has 0 amide bonds. The van der Waals surface area contributed by atoms with Crippen molar-refractivity contribution >= 4 is 27.4 Å². The summed E-state index contributed by atoms with van der Waals surface area (Å²) in [5.41, 5.74) is 4.03. The third-order valence-electron chi connectivity index (χ3n) is 4.58. The summed E-state index contributed by atoms with van der Waals surface area (Å²) in [6.45, 7) is 0.933. The van der Waals surface area contributed by atoms with Crippen molar-refractivity contribution in [2.45, 2.75) is 32.1 Å². The number of fused-ring (bicyclic) bond motifs is 1. The summed E-state index contributed by atoms with van der Waals surface area (Å²) in [6, 6.07) is 10.5. The molecule has 0 aliphatic heterocycles. The van der Waals surface area contributed by atoms with Crippen LogP contribution >= 0.6 is 11.3 Å².